The van der Waals surface area contributed by atoms with Crippen LogP contribution < -0.4 is 0 Å². The van der Waals surface area contributed by atoms with Gasteiger partial charge in [-0.05, 0) is 40.9 Å². The summed E-state index contributed by atoms with van der Waals surface area (Å²) in [5.74, 6) is 0.605. The standard InChI is InChI=1S/C13H11N3O2/c17-13(16-7-8-1-3-10(16)5-8)9-2-4-11-12(6-9)15-18-14-11/h1-4,6,8,10H,5,7H2/t8?,10-/m1/s1. The summed E-state index contributed by atoms with van der Waals surface area (Å²) in [6.45, 7) is 0.828. The number of fused-ring (bicyclic) bond motifs is 3. The molecule has 0 N–H and O–H groups in total. The van der Waals surface area contributed by atoms with Crippen LogP contribution >= 0.6 is 0 Å². The van der Waals surface area contributed by atoms with Crippen molar-refractivity contribution in [3.05, 3.63) is 35.9 Å². The normalized spacial score (nSPS) is 25.2. The van der Waals surface area contributed by atoms with Gasteiger partial charge in [-0.3, -0.25) is 4.79 Å². The van der Waals surface area contributed by atoms with E-state index in [0.717, 1.165) is 13.0 Å². The lowest BCUT2D eigenvalue weighted by molar-refractivity contribution is 0.0754. The Morgan fingerprint density at radius 1 is 1.28 bits per heavy atom. The molecule has 2 bridgehead atoms. The zero-order chi connectivity index (χ0) is 12.1. The SMILES string of the molecule is O=C(c1ccc2nonc2c1)N1CC2C=C[C@@H]1C2. The number of likely N-dealkylation sites (tertiary alicyclic amines) is 1. The average Bonchev–Trinajstić information content (AvgIpc) is 3.12. The van der Waals surface area contributed by atoms with E-state index in [2.05, 4.69) is 27.1 Å². The number of rotatable bonds is 1. The van der Waals surface area contributed by atoms with Gasteiger partial charge >= 0.3 is 0 Å². The topological polar surface area (TPSA) is 59.2 Å². The summed E-state index contributed by atoms with van der Waals surface area (Å²) in [6.07, 6.45) is 5.40. The number of carbonyl (C=O) groups excluding carboxylic acids is 1. The maximum absolute atomic E-state index is 12.4. The van der Waals surface area contributed by atoms with Gasteiger partial charge in [0, 0.05) is 12.1 Å². The molecule has 2 aliphatic rings. The second-order valence-electron chi connectivity index (χ2n) is 4.87. The molecule has 2 atom stereocenters. The molecule has 4 rings (SSSR count). The highest BCUT2D eigenvalue weighted by Crippen LogP contribution is 2.32. The van der Waals surface area contributed by atoms with Crippen molar-refractivity contribution in [2.45, 2.75) is 12.5 Å². The van der Waals surface area contributed by atoms with Gasteiger partial charge in [-0.15, -0.1) is 0 Å². The van der Waals surface area contributed by atoms with Crippen molar-refractivity contribution in [3.63, 3.8) is 0 Å². The molecular weight excluding hydrogens is 230 g/mol. The first-order valence-corrected chi connectivity index (χ1v) is 6.03. The fourth-order valence-corrected chi connectivity index (χ4v) is 2.82. The Kier molecular flexibility index (Phi) is 1.86. The monoisotopic (exact) mass is 241 g/mol. The number of amides is 1. The average molecular weight is 241 g/mol. The van der Waals surface area contributed by atoms with Gasteiger partial charge in [0.15, 0.2) is 0 Å². The van der Waals surface area contributed by atoms with Crippen LogP contribution in [-0.4, -0.2) is 33.7 Å². The molecule has 1 amide bonds. The molecule has 5 heteroatoms. The van der Waals surface area contributed by atoms with Gasteiger partial charge in [-0.2, -0.15) is 0 Å². The lowest BCUT2D eigenvalue weighted by Crippen LogP contribution is -2.35. The van der Waals surface area contributed by atoms with E-state index in [1.807, 2.05) is 4.90 Å². The summed E-state index contributed by atoms with van der Waals surface area (Å²) >= 11 is 0. The van der Waals surface area contributed by atoms with Crippen LogP contribution in [0.2, 0.25) is 0 Å². The summed E-state index contributed by atoms with van der Waals surface area (Å²) in [5, 5.41) is 7.50. The van der Waals surface area contributed by atoms with Gasteiger partial charge in [-0.1, -0.05) is 12.2 Å². The van der Waals surface area contributed by atoms with Crippen LogP contribution in [0.4, 0.5) is 0 Å². The van der Waals surface area contributed by atoms with Gasteiger partial charge < -0.3 is 4.90 Å². The van der Waals surface area contributed by atoms with E-state index in [4.69, 9.17) is 0 Å². The summed E-state index contributed by atoms with van der Waals surface area (Å²) in [7, 11) is 0. The first kappa shape index (κ1) is 9.82. The molecule has 1 aromatic carbocycles. The first-order chi connectivity index (χ1) is 8.81. The van der Waals surface area contributed by atoms with Crippen LogP contribution in [0.25, 0.3) is 11.0 Å². The molecule has 1 aliphatic carbocycles. The van der Waals surface area contributed by atoms with Gasteiger partial charge in [0.25, 0.3) is 5.91 Å². The van der Waals surface area contributed by atoms with Crippen LogP contribution in [0.15, 0.2) is 35.0 Å². The second kappa shape index (κ2) is 3.41. The van der Waals surface area contributed by atoms with Crippen LogP contribution in [0.3, 0.4) is 0 Å². The number of nitrogens with zero attached hydrogens (tertiary/aromatic N) is 3. The predicted molar refractivity (Wildman–Crippen MR) is 63.9 cm³/mol. The van der Waals surface area contributed by atoms with Crippen molar-refractivity contribution in [1.82, 2.24) is 15.2 Å². The highest BCUT2D eigenvalue weighted by atomic mass is 16.6. The third-order valence-corrected chi connectivity index (χ3v) is 3.74. The molecular formula is C13H11N3O2. The van der Waals surface area contributed by atoms with Crippen molar-refractivity contribution in [2.75, 3.05) is 6.54 Å². The molecule has 2 aromatic rings. The minimum atomic E-state index is 0.0664. The zero-order valence-corrected chi connectivity index (χ0v) is 9.61. The first-order valence-electron chi connectivity index (χ1n) is 6.03. The minimum Gasteiger partial charge on any atom is -0.332 e. The molecule has 1 aromatic heterocycles. The predicted octanol–water partition coefficient (Wildman–Crippen LogP) is 1.62. The number of hydrogen-bond acceptors (Lipinski definition) is 4. The maximum Gasteiger partial charge on any atom is 0.254 e. The molecule has 1 fully saturated rings. The molecule has 0 radical (unpaired) electrons. The largest absolute Gasteiger partial charge is 0.332 e. The Labute approximate surface area is 103 Å². The van der Waals surface area contributed by atoms with Crippen molar-refractivity contribution >= 4 is 16.9 Å². The van der Waals surface area contributed by atoms with E-state index in [0.29, 0.717) is 22.5 Å². The van der Waals surface area contributed by atoms with Crippen LogP contribution in [0, 0.1) is 5.92 Å². The summed E-state index contributed by atoms with van der Waals surface area (Å²) in [6, 6.07) is 5.56. The van der Waals surface area contributed by atoms with E-state index in [9.17, 15) is 4.79 Å². The third kappa shape index (κ3) is 1.30. The smallest absolute Gasteiger partial charge is 0.254 e. The van der Waals surface area contributed by atoms with Gasteiger partial charge in [0.2, 0.25) is 0 Å². The Morgan fingerprint density at radius 2 is 2.17 bits per heavy atom. The molecule has 0 saturated carbocycles. The molecule has 1 aliphatic heterocycles. The second-order valence-corrected chi connectivity index (χ2v) is 4.87. The molecule has 90 valence electrons. The van der Waals surface area contributed by atoms with Crippen molar-refractivity contribution in [1.29, 1.82) is 0 Å². The van der Waals surface area contributed by atoms with Crippen LogP contribution in [0.1, 0.15) is 16.8 Å². The minimum absolute atomic E-state index is 0.0664. The van der Waals surface area contributed by atoms with Crippen molar-refractivity contribution in [3.8, 4) is 0 Å². The summed E-state index contributed by atoms with van der Waals surface area (Å²) < 4.78 is 4.64. The Hall–Kier alpha value is -2.17. The Bertz CT molecular complexity index is 661. The molecule has 18 heavy (non-hydrogen) atoms. The number of benzene rings is 1. The molecule has 1 unspecified atom stereocenters. The summed E-state index contributed by atoms with van der Waals surface area (Å²) in [5.41, 5.74) is 1.95. The zero-order valence-electron chi connectivity index (χ0n) is 9.61. The van der Waals surface area contributed by atoms with Gasteiger partial charge in [-0.25, -0.2) is 4.63 Å². The quantitative estimate of drug-likeness (QED) is 0.712. The molecule has 5 nitrogen and oxygen atoms in total. The Balaban J connectivity index is 1.69. The van der Waals surface area contributed by atoms with E-state index in [1.165, 1.54) is 0 Å². The van der Waals surface area contributed by atoms with Gasteiger partial charge in [0.1, 0.15) is 11.0 Å². The third-order valence-electron chi connectivity index (χ3n) is 3.74. The van der Waals surface area contributed by atoms with E-state index in [1.54, 1.807) is 18.2 Å². The Morgan fingerprint density at radius 3 is 2.94 bits per heavy atom. The lowest BCUT2D eigenvalue weighted by Gasteiger charge is -2.23. The van der Waals surface area contributed by atoms with Crippen molar-refractivity contribution < 1.29 is 9.42 Å². The van der Waals surface area contributed by atoms with Crippen molar-refractivity contribution in [2.24, 2.45) is 5.92 Å². The highest BCUT2D eigenvalue weighted by Gasteiger charge is 2.36. The fraction of sp³-hybridized carbons (Fsp3) is 0.308. The van der Waals surface area contributed by atoms with E-state index < -0.39 is 0 Å². The number of carbonyl (C=O) groups is 1. The molecule has 1 saturated heterocycles. The molecule has 0 spiro atoms. The highest BCUT2D eigenvalue weighted by molar-refractivity contribution is 5.97. The van der Waals surface area contributed by atoms with E-state index in [-0.39, 0.29) is 11.9 Å². The molecule has 2 heterocycles. The lowest BCUT2D eigenvalue weighted by atomic mass is 10.1. The maximum atomic E-state index is 12.4. The summed E-state index contributed by atoms with van der Waals surface area (Å²) in [4.78, 5) is 14.3. The van der Waals surface area contributed by atoms with E-state index >= 15 is 0 Å². The van der Waals surface area contributed by atoms with Gasteiger partial charge in [0.05, 0.1) is 6.04 Å². The number of hydrogen-bond donors (Lipinski definition) is 0. The number of aromatic nitrogens is 2. The van der Waals surface area contributed by atoms with Crippen LogP contribution in [-0.2, 0) is 0 Å². The fourth-order valence-electron chi connectivity index (χ4n) is 2.82. The van der Waals surface area contributed by atoms with Crippen LogP contribution in [0.5, 0.6) is 0 Å².